The minimum atomic E-state index is -1.54. The molecule has 11 atom stereocenters. The van der Waals surface area contributed by atoms with Gasteiger partial charge in [-0.15, -0.1) is 0 Å². The third-order valence-corrected chi connectivity index (χ3v) is 11.2. The van der Waals surface area contributed by atoms with E-state index in [1.54, 1.807) is 60.7 Å². The maximum atomic E-state index is 14.0. The van der Waals surface area contributed by atoms with Gasteiger partial charge in [0.15, 0.2) is 18.5 Å². The molecule has 7 unspecified atom stereocenters. The van der Waals surface area contributed by atoms with Crippen LogP contribution >= 0.6 is 0 Å². The first-order chi connectivity index (χ1) is 32.0. The van der Waals surface area contributed by atoms with Crippen LogP contribution in [0.4, 0.5) is 0 Å². The highest BCUT2D eigenvalue weighted by Crippen LogP contribution is 2.36. The maximum absolute atomic E-state index is 14.0. The van der Waals surface area contributed by atoms with Crippen LogP contribution < -0.4 is 21.3 Å². The number of benzene rings is 3. The van der Waals surface area contributed by atoms with Crippen molar-refractivity contribution in [3.8, 4) is 0 Å². The SMILES string of the molecule is COC(=O)COC1C(NC(=O)c2ccccc2)[C@H](C(=O)NCCCCCNC(=O)[C@@H]2OC3COC(c4ccccc4)O[C@@H]3C(OCC(=O)OC)C2NC(=O)c2ccccc2)OC(CO)[C@@H]1O. The van der Waals surface area contributed by atoms with E-state index in [0.717, 1.165) is 12.7 Å². The van der Waals surface area contributed by atoms with E-state index in [1.165, 1.54) is 7.11 Å². The van der Waals surface area contributed by atoms with Crippen molar-refractivity contribution >= 4 is 35.6 Å². The predicted molar refractivity (Wildman–Crippen MR) is 229 cm³/mol. The molecule has 0 aliphatic carbocycles. The molecule has 3 fully saturated rings. The Hall–Kier alpha value is -5.84. The van der Waals surface area contributed by atoms with Gasteiger partial charge in [-0.3, -0.25) is 19.2 Å². The molecule has 0 radical (unpaired) electrons. The molecular formula is C46H56N4O16. The van der Waals surface area contributed by atoms with Crippen LogP contribution in [0.1, 0.15) is 51.8 Å². The van der Waals surface area contributed by atoms with E-state index in [0.29, 0.717) is 24.8 Å². The Morgan fingerprint density at radius 2 is 1.12 bits per heavy atom. The quantitative estimate of drug-likeness (QED) is 0.0649. The molecule has 0 spiro atoms. The predicted octanol–water partition coefficient (Wildman–Crippen LogP) is 0.105. The lowest BCUT2D eigenvalue weighted by Crippen LogP contribution is -2.69. The zero-order valence-electron chi connectivity index (χ0n) is 36.5. The zero-order chi connectivity index (χ0) is 47.0. The summed E-state index contributed by atoms with van der Waals surface area (Å²) < 4.78 is 45.7. The summed E-state index contributed by atoms with van der Waals surface area (Å²) in [6, 6.07) is 23.2. The second kappa shape index (κ2) is 24.6. The Morgan fingerprint density at radius 1 is 0.636 bits per heavy atom. The highest BCUT2D eigenvalue weighted by molar-refractivity contribution is 5.96. The van der Waals surface area contributed by atoms with Crippen molar-refractivity contribution in [2.45, 2.75) is 86.5 Å². The maximum Gasteiger partial charge on any atom is 0.331 e. The molecule has 0 aromatic heterocycles. The highest BCUT2D eigenvalue weighted by Gasteiger charge is 2.54. The van der Waals surface area contributed by atoms with Gasteiger partial charge in [0.05, 0.1) is 39.5 Å². The van der Waals surface area contributed by atoms with Crippen LogP contribution in [-0.4, -0.2) is 160 Å². The Balaban J connectivity index is 1.08. The lowest BCUT2D eigenvalue weighted by molar-refractivity contribution is -0.315. The molecular weight excluding hydrogens is 865 g/mol. The van der Waals surface area contributed by atoms with E-state index in [-0.39, 0.29) is 25.3 Å². The number of ether oxygens (including phenoxy) is 8. The summed E-state index contributed by atoms with van der Waals surface area (Å²) in [4.78, 5) is 78.8. The van der Waals surface area contributed by atoms with E-state index in [4.69, 9.17) is 33.2 Å². The van der Waals surface area contributed by atoms with E-state index >= 15 is 0 Å². The number of esters is 2. The number of hydrogen-bond donors (Lipinski definition) is 6. The summed E-state index contributed by atoms with van der Waals surface area (Å²) in [6.07, 6.45) is -9.16. The standard InChI is InChI=1S/C46H56N4O16/c1-59-32(52)25-61-38-34(49-42(55)27-15-7-3-8-16-27)40(64-30(23-51)36(38)54)44(57)47-21-13-6-14-22-48-45(58)41-35(50-43(56)28-17-9-4-10-18-28)39(62-26-33(53)60-2)37-31(65-41)24-63-46(66-37)29-19-11-5-12-20-29/h3-5,7-12,15-20,30-31,34-41,46,51,54H,6,13-14,21-26H2,1-2H3,(H,47,57)(H,48,58)(H,49,55)(H,50,56)/t30?,31?,34?,35?,36-,37-,38?,39?,40+,41+,46?/m0/s1. The number of aliphatic hydroxyl groups is 2. The normalized spacial score (nSPS) is 27.0. The number of carbonyl (C=O) groups is 6. The van der Waals surface area contributed by atoms with Gasteiger partial charge in [0.2, 0.25) is 0 Å². The average molecular weight is 921 g/mol. The molecule has 20 nitrogen and oxygen atoms in total. The molecule has 66 heavy (non-hydrogen) atoms. The van der Waals surface area contributed by atoms with Crippen LogP contribution in [0.15, 0.2) is 91.0 Å². The summed E-state index contributed by atoms with van der Waals surface area (Å²) in [7, 11) is 2.36. The van der Waals surface area contributed by atoms with Gasteiger partial charge in [-0.05, 0) is 43.5 Å². The fourth-order valence-corrected chi connectivity index (χ4v) is 7.80. The second-order valence-electron chi connectivity index (χ2n) is 15.6. The van der Waals surface area contributed by atoms with Gasteiger partial charge < -0.3 is 69.4 Å². The van der Waals surface area contributed by atoms with Crippen LogP contribution in [0.25, 0.3) is 0 Å². The van der Waals surface area contributed by atoms with Gasteiger partial charge in [0, 0.05) is 29.8 Å². The molecule has 3 aliphatic rings. The lowest BCUT2D eigenvalue weighted by atomic mass is 9.90. The molecule has 6 N–H and O–H groups in total. The van der Waals surface area contributed by atoms with Crippen molar-refractivity contribution in [2.24, 2.45) is 0 Å². The number of carbonyl (C=O) groups excluding carboxylic acids is 6. The van der Waals surface area contributed by atoms with Crippen molar-refractivity contribution in [1.29, 1.82) is 0 Å². The minimum absolute atomic E-state index is 0.00557. The van der Waals surface area contributed by atoms with Crippen molar-refractivity contribution in [3.05, 3.63) is 108 Å². The summed E-state index contributed by atoms with van der Waals surface area (Å²) >= 11 is 0. The summed E-state index contributed by atoms with van der Waals surface area (Å²) in [5, 5.41) is 32.2. The number of methoxy groups -OCH3 is 2. The van der Waals surface area contributed by atoms with Gasteiger partial charge in [0.1, 0.15) is 49.8 Å². The van der Waals surface area contributed by atoms with Crippen LogP contribution in [0.2, 0.25) is 0 Å². The van der Waals surface area contributed by atoms with E-state index < -0.39 is 123 Å². The first-order valence-corrected chi connectivity index (χ1v) is 21.6. The number of amides is 4. The van der Waals surface area contributed by atoms with Gasteiger partial charge in [-0.25, -0.2) is 9.59 Å². The molecule has 3 aromatic carbocycles. The van der Waals surface area contributed by atoms with Crippen molar-refractivity contribution in [2.75, 3.05) is 53.7 Å². The highest BCUT2D eigenvalue weighted by atomic mass is 16.7. The van der Waals surface area contributed by atoms with Crippen LogP contribution in [0.5, 0.6) is 0 Å². The van der Waals surface area contributed by atoms with Crippen molar-refractivity contribution in [1.82, 2.24) is 21.3 Å². The number of nitrogens with one attached hydrogen (secondary N) is 4. The summed E-state index contributed by atoms with van der Waals surface area (Å²) in [5.74, 6) is -3.82. The van der Waals surface area contributed by atoms with Crippen molar-refractivity contribution in [3.63, 3.8) is 0 Å². The second-order valence-corrected chi connectivity index (χ2v) is 15.6. The molecule has 3 saturated heterocycles. The summed E-state index contributed by atoms with van der Waals surface area (Å²) in [5.41, 5.74) is 1.28. The largest absolute Gasteiger partial charge is 0.467 e. The fourth-order valence-electron chi connectivity index (χ4n) is 7.80. The number of unbranched alkanes of at least 4 members (excludes halogenated alkanes) is 2. The van der Waals surface area contributed by atoms with Crippen LogP contribution in [0.3, 0.4) is 0 Å². The molecule has 6 rings (SSSR count). The third kappa shape index (κ3) is 12.9. The number of aliphatic hydroxyl groups excluding tert-OH is 2. The van der Waals surface area contributed by atoms with E-state index in [1.807, 2.05) is 30.3 Å². The van der Waals surface area contributed by atoms with Gasteiger partial charge >= 0.3 is 11.9 Å². The van der Waals surface area contributed by atoms with Crippen LogP contribution in [-0.2, 0) is 57.1 Å². The molecule has 3 aromatic rings. The molecule has 4 amide bonds. The third-order valence-electron chi connectivity index (χ3n) is 11.2. The Bertz CT molecular complexity index is 2070. The fraction of sp³-hybridized carbons (Fsp3) is 0.478. The zero-order valence-corrected chi connectivity index (χ0v) is 36.5. The Morgan fingerprint density at radius 3 is 1.64 bits per heavy atom. The number of fused-ring (bicyclic) bond motifs is 1. The Labute approximate surface area is 380 Å². The molecule has 3 heterocycles. The molecule has 0 bridgehead atoms. The first-order valence-electron chi connectivity index (χ1n) is 21.6. The average Bonchev–Trinajstić information content (AvgIpc) is 3.35. The molecule has 20 heteroatoms. The van der Waals surface area contributed by atoms with Gasteiger partial charge in [0.25, 0.3) is 23.6 Å². The Kier molecular flexibility index (Phi) is 18.5. The smallest absolute Gasteiger partial charge is 0.331 e. The monoisotopic (exact) mass is 920 g/mol. The van der Waals surface area contributed by atoms with Gasteiger partial charge in [-0.2, -0.15) is 0 Å². The number of rotatable bonds is 20. The topological polar surface area (TPSA) is 265 Å². The van der Waals surface area contributed by atoms with Crippen molar-refractivity contribution < 1.29 is 76.9 Å². The van der Waals surface area contributed by atoms with E-state index in [2.05, 4.69) is 26.0 Å². The van der Waals surface area contributed by atoms with E-state index in [9.17, 15) is 39.0 Å². The van der Waals surface area contributed by atoms with Crippen LogP contribution in [0, 0.1) is 0 Å². The summed E-state index contributed by atoms with van der Waals surface area (Å²) in [6.45, 7) is -1.50. The first kappa shape index (κ1) is 49.6. The minimum Gasteiger partial charge on any atom is -0.467 e. The lowest BCUT2D eigenvalue weighted by Gasteiger charge is -2.49. The number of hydrogen-bond acceptors (Lipinski definition) is 16. The molecule has 0 saturated carbocycles. The molecule has 356 valence electrons. The molecule has 3 aliphatic heterocycles. The van der Waals surface area contributed by atoms with Gasteiger partial charge in [-0.1, -0.05) is 66.7 Å².